The number of aromatic nitrogens is 2. The maximum Gasteiger partial charge on any atom is 0.330 e. The lowest BCUT2D eigenvalue weighted by Crippen LogP contribution is -2.02. The minimum absolute atomic E-state index is 0.282. The highest BCUT2D eigenvalue weighted by molar-refractivity contribution is 5.81. The number of carbonyl (C=O) groups is 1. The Kier molecular flexibility index (Phi) is 4.93. The second-order valence-electron chi connectivity index (χ2n) is 4.92. The van der Waals surface area contributed by atoms with Crippen LogP contribution in [0.5, 0.6) is 0 Å². The van der Waals surface area contributed by atoms with Crippen LogP contribution < -0.4 is 0 Å². The lowest BCUT2D eigenvalue weighted by atomic mass is 10.2. The SMILES string of the molecule is CC/C=C/C(=O)OCc1ccc(-n2nc(C)cc2C)cc1. The minimum Gasteiger partial charge on any atom is -0.458 e. The number of carbonyl (C=O) groups excluding carboxylic acids is 1. The zero-order valence-electron chi connectivity index (χ0n) is 12.7. The van der Waals surface area contributed by atoms with Gasteiger partial charge in [-0.15, -0.1) is 0 Å². The first-order chi connectivity index (χ1) is 10.1. The summed E-state index contributed by atoms with van der Waals surface area (Å²) in [6.45, 7) is 6.25. The van der Waals surface area contributed by atoms with E-state index in [1.807, 2.05) is 55.8 Å². The third-order valence-electron chi connectivity index (χ3n) is 3.06. The largest absolute Gasteiger partial charge is 0.458 e. The maximum absolute atomic E-state index is 11.4. The van der Waals surface area contributed by atoms with Gasteiger partial charge in [-0.05, 0) is 44.0 Å². The highest BCUT2D eigenvalue weighted by Crippen LogP contribution is 2.13. The molecule has 0 spiro atoms. The third kappa shape index (κ3) is 4.05. The van der Waals surface area contributed by atoms with Crippen molar-refractivity contribution in [1.82, 2.24) is 9.78 Å². The maximum atomic E-state index is 11.4. The number of rotatable bonds is 5. The van der Waals surface area contributed by atoms with Gasteiger partial charge in [0.1, 0.15) is 6.61 Å². The molecule has 0 atom stereocenters. The fourth-order valence-electron chi connectivity index (χ4n) is 2.04. The van der Waals surface area contributed by atoms with E-state index in [4.69, 9.17) is 4.74 Å². The van der Waals surface area contributed by atoms with Crippen molar-refractivity contribution in [3.05, 3.63) is 59.4 Å². The quantitative estimate of drug-likeness (QED) is 0.623. The molecule has 0 aliphatic rings. The van der Waals surface area contributed by atoms with Crippen molar-refractivity contribution >= 4 is 5.97 Å². The summed E-state index contributed by atoms with van der Waals surface area (Å²) >= 11 is 0. The van der Waals surface area contributed by atoms with E-state index >= 15 is 0 Å². The summed E-state index contributed by atoms with van der Waals surface area (Å²) in [5.41, 5.74) is 4.05. The summed E-state index contributed by atoms with van der Waals surface area (Å²) in [6.07, 6.45) is 4.07. The van der Waals surface area contributed by atoms with Crippen LogP contribution in [-0.2, 0) is 16.1 Å². The van der Waals surface area contributed by atoms with Crippen LogP contribution in [-0.4, -0.2) is 15.7 Å². The average Bonchev–Trinajstić information content (AvgIpc) is 2.82. The first kappa shape index (κ1) is 15.0. The van der Waals surface area contributed by atoms with Crippen molar-refractivity contribution in [2.45, 2.75) is 33.8 Å². The number of ether oxygens (including phenoxy) is 1. The number of hydrogen-bond acceptors (Lipinski definition) is 3. The molecule has 0 N–H and O–H groups in total. The van der Waals surface area contributed by atoms with Crippen LogP contribution in [0.2, 0.25) is 0 Å². The first-order valence-corrected chi connectivity index (χ1v) is 7.06. The second kappa shape index (κ2) is 6.88. The molecule has 4 nitrogen and oxygen atoms in total. The number of hydrogen-bond donors (Lipinski definition) is 0. The predicted molar refractivity (Wildman–Crippen MR) is 82.3 cm³/mol. The molecule has 0 aliphatic heterocycles. The molecule has 1 heterocycles. The van der Waals surface area contributed by atoms with Crippen LogP contribution in [0.25, 0.3) is 5.69 Å². The van der Waals surface area contributed by atoms with Crippen LogP contribution >= 0.6 is 0 Å². The standard InChI is InChI=1S/C17H20N2O2/c1-4-5-6-17(20)21-12-15-7-9-16(10-8-15)19-14(3)11-13(2)18-19/h5-11H,4,12H2,1-3H3/b6-5+. The van der Waals surface area contributed by atoms with E-state index in [1.54, 1.807) is 6.08 Å². The third-order valence-corrected chi connectivity index (χ3v) is 3.06. The smallest absolute Gasteiger partial charge is 0.330 e. The molecule has 1 aromatic heterocycles. The predicted octanol–water partition coefficient (Wildman–Crippen LogP) is 3.50. The van der Waals surface area contributed by atoms with Gasteiger partial charge < -0.3 is 4.74 Å². The van der Waals surface area contributed by atoms with E-state index < -0.39 is 0 Å². The highest BCUT2D eigenvalue weighted by Gasteiger charge is 2.04. The molecule has 4 heteroatoms. The van der Waals surface area contributed by atoms with Crippen LogP contribution in [0.4, 0.5) is 0 Å². The second-order valence-corrected chi connectivity index (χ2v) is 4.92. The van der Waals surface area contributed by atoms with Gasteiger partial charge in [0.25, 0.3) is 0 Å². The van der Waals surface area contributed by atoms with E-state index in [2.05, 4.69) is 5.10 Å². The molecule has 0 unspecified atom stereocenters. The summed E-state index contributed by atoms with van der Waals surface area (Å²) in [5.74, 6) is -0.306. The van der Waals surface area contributed by atoms with E-state index in [0.29, 0.717) is 0 Å². The van der Waals surface area contributed by atoms with Gasteiger partial charge in [-0.25, -0.2) is 9.48 Å². The average molecular weight is 284 g/mol. The molecule has 2 aromatic rings. The molecule has 0 fully saturated rings. The zero-order valence-corrected chi connectivity index (χ0v) is 12.7. The normalized spacial score (nSPS) is 11.0. The summed E-state index contributed by atoms with van der Waals surface area (Å²) in [4.78, 5) is 11.4. The number of benzene rings is 1. The van der Waals surface area contributed by atoms with Gasteiger partial charge in [0.05, 0.1) is 11.4 Å². The highest BCUT2D eigenvalue weighted by atomic mass is 16.5. The van der Waals surface area contributed by atoms with Crippen molar-refractivity contribution in [3.63, 3.8) is 0 Å². The molecule has 0 bridgehead atoms. The first-order valence-electron chi connectivity index (χ1n) is 7.06. The van der Waals surface area contributed by atoms with Crippen LogP contribution in [0.15, 0.2) is 42.5 Å². The van der Waals surface area contributed by atoms with Gasteiger partial charge in [0, 0.05) is 11.8 Å². The van der Waals surface area contributed by atoms with Crippen molar-refractivity contribution in [3.8, 4) is 5.69 Å². The summed E-state index contributed by atoms with van der Waals surface area (Å²) < 4.78 is 7.05. The van der Waals surface area contributed by atoms with Gasteiger partial charge >= 0.3 is 5.97 Å². The van der Waals surface area contributed by atoms with Crippen molar-refractivity contribution in [2.24, 2.45) is 0 Å². The molecule has 0 aliphatic carbocycles. The Morgan fingerprint density at radius 3 is 2.57 bits per heavy atom. The number of aryl methyl sites for hydroxylation is 2. The van der Waals surface area contributed by atoms with Gasteiger partial charge in [-0.2, -0.15) is 5.10 Å². The molecule has 0 radical (unpaired) electrons. The van der Waals surface area contributed by atoms with E-state index in [-0.39, 0.29) is 12.6 Å². The van der Waals surface area contributed by atoms with Gasteiger partial charge in [0.2, 0.25) is 0 Å². The number of nitrogens with zero attached hydrogens (tertiary/aromatic N) is 2. The summed E-state index contributed by atoms with van der Waals surface area (Å²) in [6, 6.07) is 9.88. The van der Waals surface area contributed by atoms with Crippen molar-refractivity contribution in [1.29, 1.82) is 0 Å². The molecule has 0 saturated heterocycles. The van der Waals surface area contributed by atoms with E-state index in [1.165, 1.54) is 6.08 Å². The molecule has 0 saturated carbocycles. The van der Waals surface area contributed by atoms with E-state index in [0.717, 1.165) is 29.1 Å². The molecular formula is C17H20N2O2. The topological polar surface area (TPSA) is 44.1 Å². The fraction of sp³-hybridized carbons (Fsp3) is 0.294. The molecule has 21 heavy (non-hydrogen) atoms. The molecule has 2 rings (SSSR count). The number of allylic oxidation sites excluding steroid dienone is 1. The molecule has 110 valence electrons. The zero-order chi connectivity index (χ0) is 15.2. The Hall–Kier alpha value is -2.36. The van der Waals surface area contributed by atoms with Gasteiger partial charge in [-0.3, -0.25) is 0 Å². The van der Waals surface area contributed by atoms with Gasteiger partial charge in [-0.1, -0.05) is 25.1 Å². The molecule has 1 aromatic carbocycles. The number of esters is 1. The fourth-order valence-corrected chi connectivity index (χ4v) is 2.04. The van der Waals surface area contributed by atoms with Gasteiger partial charge in [0.15, 0.2) is 0 Å². The monoisotopic (exact) mass is 284 g/mol. The Balaban J connectivity index is 2.01. The van der Waals surface area contributed by atoms with Crippen molar-refractivity contribution < 1.29 is 9.53 Å². The lowest BCUT2D eigenvalue weighted by Gasteiger charge is -2.06. The Morgan fingerprint density at radius 2 is 2.00 bits per heavy atom. The Bertz CT molecular complexity index is 639. The molecule has 0 amide bonds. The van der Waals surface area contributed by atoms with Crippen LogP contribution in [0.3, 0.4) is 0 Å². The minimum atomic E-state index is -0.306. The Morgan fingerprint density at radius 1 is 1.29 bits per heavy atom. The lowest BCUT2D eigenvalue weighted by molar-refractivity contribution is -0.139. The van der Waals surface area contributed by atoms with Crippen LogP contribution in [0, 0.1) is 13.8 Å². The Labute approximate surface area is 125 Å². The summed E-state index contributed by atoms with van der Waals surface area (Å²) in [5, 5.41) is 4.44. The summed E-state index contributed by atoms with van der Waals surface area (Å²) in [7, 11) is 0. The van der Waals surface area contributed by atoms with Crippen molar-refractivity contribution in [2.75, 3.05) is 0 Å². The van der Waals surface area contributed by atoms with Crippen LogP contribution in [0.1, 0.15) is 30.3 Å². The molecular weight excluding hydrogens is 264 g/mol. The van der Waals surface area contributed by atoms with E-state index in [9.17, 15) is 4.79 Å².